The van der Waals surface area contributed by atoms with Crippen LogP contribution in [-0.2, 0) is 9.53 Å². The van der Waals surface area contributed by atoms with Gasteiger partial charge in [0.05, 0.1) is 0 Å². The van der Waals surface area contributed by atoms with Crippen LogP contribution < -0.4 is 10.2 Å². The molecule has 23 heavy (non-hydrogen) atoms. The zero-order chi connectivity index (χ0) is 17.2. The van der Waals surface area contributed by atoms with Crippen LogP contribution in [0.2, 0.25) is 0 Å². The molecule has 1 aromatic rings. The molecule has 5 nitrogen and oxygen atoms in total. The maximum atomic E-state index is 13.7. The van der Waals surface area contributed by atoms with Crippen LogP contribution in [-0.4, -0.2) is 30.2 Å². The number of nitrogens with zero attached hydrogens (tertiary/aromatic N) is 1. The van der Waals surface area contributed by atoms with Crippen LogP contribution in [0.4, 0.5) is 14.9 Å². The number of carbonyl (C=O) groups excluding carboxylic acids is 2. The Morgan fingerprint density at radius 2 is 2.09 bits per heavy atom. The third-order valence-electron chi connectivity index (χ3n) is 3.60. The molecule has 0 saturated carbocycles. The number of carbonyl (C=O) groups is 2. The Balaban J connectivity index is 2.09. The topological polar surface area (TPSA) is 58.6 Å². The number of aryl methyl sites for hydroxylation is 1. The van der Waals surface area contributed by atoms with Crippen LogP contribution >= 0.6 is 0 Å². The molecule has 2 rings (SSSR count). The molecule has 1 N–H and O–H groups in total. The molecule has 1 aliphatic heterocycles. The van der Waals surface area contributed by atoms with E-state index in [9.17, 15) is 14.0 Å². The number of hydrogen-bond donors (Lipinski definition) is 1. The van der Waals surface area contributed by atoms with Gasteiger partial charge >= 0.3 is 6.09 Å². The summed E-state index contributed by atoms with van der Waals surface area (Å²) in [7, 11) is 0. The van der Waals surface area contributed by atoms with Crippen LogP contribution in [0.25, 0.3) is 0 Å². The summed E-state index contributed by atoms with van der Waals surface area (Å²) in [6, 6.07) is 4.06. The van der Waals surface area contributed by atoms with Gasteiger partial charge in [0.1, 0.15) is 17.5 Å². The Morgan fingerprint density at radius 1 is 1.39 bits per heavy atom. The van der Waals surface area contributed by atoms with Crippen molar-refractivity contribution in [1.82, 2.24) is 5.32 Å². The van der Waals surface area contributed by atoms with Gasteiger partial charge in [-0.2, -0.15) is 0 Å². The number of benzene rings is 1. The Labute approximate surface area is 135 Å². The molecule has 1 atom stereocenters. The summed E-state index contributed by atoms with van der Waals surface area (Å²) in [5, 5.41) is 2.60. The molecule has 0 aliphatic carbocycles. The van der Waals surface area contributed by atoms with E-state index in [0.717, 1.165) is 6.42 Å². The molecular formula is C17H23FN2O3. The lowest BCUT2D eigenvalue weighted by Gasteiger charge is -2.33. The van der Waals surface area contributed by atoms with Gasteiger partial charge in [-0.1, -0.05) is 6.07 Å². The van der Waals surface area contributed by atoms with Crippen molar-refractivity contribution in [2.45, 2.75) is 52.2 Å². The summed E-state index contributed by atoms with van der Waals surface area (Å²) in [4.78, 5) is 25.9. The highest BCUT2D eigenvalue weighted by Crippen LogP contribution is 2.23. The first-order valence-electron chi connectivity index (χ1n) is 7.74. The highest BCUT2D eigenvalue weighted by molar-refractivity contribution is 5.99. The molecule has 2 amide bonds. The van der Waals surface area contributed by atoms with Crippen molar-refractivity contribution in [2.75, 3.05) is 11.4 Å². The van der Waals surface area contributed by atoms with E-state index in [1.807, 2.05) is 0 Å². The monoisotopic (exact) mass is 322 g/mol. The highest BCUT2D eigenvalue weighted by Gasteiger charge is 2.32. The van der Waals surface area contributed by atoms with E-state index in [2.05, 4.69) is 5.32 Å². The summed E-state index contributed by atoms with van der Waals surface area (Å²) in [5.41, 5.74) is 0.414. The van der Waals surface area contributed by atoms with Crippen LogP contribution in [0.5, 0.6) is 0 Å². The molecule has 0 aromatic heterocycles. The largest absolute Gasteiger partial charge is 0.444 e. The minimum Gasteiger partial charge on any atom is -0.444 e. The number of piperidine rings is 1. The molecule has 1 saturated heterocycles. The van der Waals surface area contributed by atoms with E-state index in [-0.39, 0.29) is 11.7 Å². The summed E-state index contributed by atoms with van der Waals surface area (Å²) in [6.07, 6.45) is 0.651. The molecule has 6 heteroatoms. The standard InChI is InChI=1S/C17H23FN2O3/c1-11-7-8-12(10-13(11)18)20-9-5-6-14(15(20)21)19-16(22)23-17(2,3)4/h7-8,10,14H,5-6,9H2,1-4H3,(H,19,22). The fourth-order valence-electron chi connectivity index (χ4n) is 2.47. The van der Waals surface area contributed by atoms with Crippen LogP contribution in [0.3, 0.4) is 0 Å². The van der Waals surface area contributed by atoms with Gasteiger partial charge in [-0.3, -0.25) is 4.79 Å². The predicted molar refractivity (Wildman–Crippen MR) is 85.9 cm³/mol. The summed E-state index contributed by atoms with van der Waals surface area (Å²) in [5.74, 6) is -0.595. The molecule has 1 unspecified atom stereocenters. The lowest BCUT2D eigenvalue weighted by atomic mass is 10.0. The average molecular weight is 322 g/mol. The van der Waals surface area contributed by atoms with Crippen LogP contribution in [0, 0.1) is 12.7 Å². The minimum absolute atomic E-state index is 0.245. The Morgan fingerprint density at radius 3 is 2.70 bits per heavy atom. The van der Waals surface area contributed by atoms with Crippen molar-refractivity contribution >= 4 is 17.7 Å². The molecule has 1 aliphatic rings. The SMILES string of the molecule is Cc1ccc(N2CCCC(NC(=O)OC(C)(C)C)C2=O)cc1F. The summed E-state index contributed by atoms with van der Waals surface area (Å²) >= 11 is 0. The quantitative estimate of drug-likeness (QED) is 0.910. The van der Waals surface area contributed by atoms with Crippen molar-refractivity contribution < 1.29 is 18.7 Å². The van der Waals surface area contributed by atoms with Gasteiger partial charge in [0.2, 0.25) is 5.91 Å². The summed E-state index contributed by atoms with van der Waals surface area (Å²) in [6.45, 7) is 7.46. The number of alkyl carbamates (subject to hydrolysis) is 1. The van der Waals surface area contributed by atoms with Crippen molar-refractivity contribution in [2.24, 2.45) is 0 Å². The number of amides is 2. The number of nitrogens with one attached hydrogen (secondary N) is 1. The molecule has 0 radical (unpaired) electrons. The molecule has 1 fully saturated rings. The number of rotatable bonds is 2. The number of hydrogen-bond acceptors (Lipinski definition) is 3. The van der Waals surface area contributed by atoms with E-state index < -0.39 is 17.7 Å². The lowest BCUT2D eigenvalue weighted by Crippen LogP contribution is -2.53. The first kappa shape index (κ1) is 17.2. The Kier molecular flexibility index (Phi) is 4.92. The second-order valence-electron chi connectivity index (χ2n) is 6.76. The van der Waals surface area contributed by atoms with Gasteiger partial charge in [-0.15, -0.1) is 0 Å². The second kappa shape index (κ2) is 6.56. The van der Waals surface area contributed by atoms with Crippen molar-refractivity contribution in [1.29, 1.82) is 0 Å². The zero-order valence-corrected chi connectivity index (χ0v) is 14.0. The lowest BCUT2D eigenvalue weighted by molar-refractivity contribution is -0.121. The predicted octanol–water partition coefficient (Wildman–Crippen LogP) is 3.15. The van der Waals surface area contributed by atoms with Gasteiger partial charge < -0.3 is 15.0 Å². The smallest absolute Gasteiger partial charge is 0.408 e. The van der Waals surface area contributed by atoms with Crippen molar-refractivity contribution in [3.05, 3.63) is 29.6 Å². The first-order valence-corrected chi connectivity index (χ1v) is 7.74. The van der Waals surface area contributed by atoms with E-state index in [0.29, 0.717) is 24.2 Å². The van der Waals surface area contributed by atoms with E-state index in [1.54, 1.807) is 39.8 Å². The molecule has 126 valence electrons. The fourth-order valence-corrected chi connectivity index (χ4v) is 2.47. The van der Waals surface area contributed by atoms with Crippen molar-refractivity contribution in [3.8, 4) is 0 Å². The van der Waals surface area contributed by atoms with Gasteiger partial charge in [0, 0.05) is 12.2 Å². The normalized spacial score (nSPS) is 18.7. The highest BCUT2D eigenvalue weighted by atomic mass is 19.1. The van der Waals surface area contributed by atoms with Crippen LogP contribution in [0.1, 0.15) is 39.2 Å². The van der Waals surface area contributed by atoms with Crippen molar-refractivity contribution in [3.63, 3.8) is 0 Å². The van der Waals surface area contributed by atoms with Crippen LogP contribution in [0.15, 0.2) is 18.2 Å². The molecule has 0 spiro atoms. The second-order valence-corrected chi connectivity index (χ2v) is 6.76. The Hall–Kier alpha value is -2.11. The van der Waals surface area contributed by atoms with Gasteiger partial charge in [-0.25, -0.2) is 9.18 Å². The first-order chi connectivity index (χ1) is 10.7. The third-order valence-corrected chi connectivity index (χ3v) is 3.60. The zero-order valence-electron chi connectivity index (χ0n) is 14.0. The summed E-state index contributed by atoms with van der Waals surface area (Å²) < 4.78 is 18.9. The number of halogens is 1. The van der Waals surface area contributed by atoms with Gasteiger partial charge in [0.25, 0.3) is 0 Å². The minimum atomic E-state index is -0.650. The van der Waals surface area contributed by atoms with Gasteiger partial charge in [-0.05, 0) is 58.2 Å². The molecular weight excluding hydrogens is 299 g/mol. The van der Waals surface area contributed by atoms with E-state index in [1.165, 1.54) is 11.0 Å². The fraction of sp³-hybridized carbons (Fsp3) is 0.529. The number of anilines is 1. The van der Waals surface area contributed by atoms with Gasteiger partial charge in [0.15, 0.2) is 0 Å². The third kappa shape index (κ3) is 4.43. The maximum Gasteiger partial charge on any atom is 0.408 e. The number of ether oxygens (including phenoxy) is 1. The van der Waals surface area contributed by atoms with E-state index >= 15 is 0 Å². The molecule has 0 bridgehead atoms. The Bertz CT molecular complexity index is 610. The molecule has 1 aromatic carbocycles. The average Bonchev–Trinajstić information content (AvgIpc) is 2.42. The van der Waals surface area contributed by atoms with E-state index in [4.69, 9.17) is 4.74 Å². The maximum absolute atomic E-state index is 13.7. The molecule has 1 heterocycles.